The van der Waals surface area contributed by atoms with Gasteiger partial charge in [-0.3, -0.25) is 9.69 Å². The number of fused-ring (bicyclic) bond motifs is 1. The summed E-state index contributed by atoms with van der Waals surface area (Å²) >= 11 is 0. The molecule has 3 aliphatic rings. The van der Waals surface area contributed by atoms with Crippen molar-refractivity contribution >= 4 is 5.91 Å². The van der Waals surface area contributed by atoms with Gasteiger partial charge in [-0.25, -0.2) is 0 Å². The van der Waals surface area contributed by atoms with Crippen molar-refractivity contribution in [1.29, 1.82) is 0 Å². The smallest absolute Gasteiger partial charge is 0.236 e. The highest BCUT2D eigenvalue weighted by Crippen LogP contribution is 2.50. The summed E-state index contributed by atoms with van der Waals surface area (Å²) in [5.41, 5.74) is 0.512. The second kappa shape index (κ2) is 9.05. The lowest BCUT2D eigenvalue weighted by molar-refractivity contribution is -0.145. The number of carbonyl (C=O) groups excluding carboxylic acids is 1. The van der Waals surface area contributed by atoms with Gasteiger partial charge >= 0.3 is 0 Å². The zero-order chi connectivity index (χ0) is 20.3. The van der Waals surface area contributed by atoms with Gasteiger partial charge in [0.15, 0.2) is 0 Å². The first kappa shape index (κ1) is 20.7. The van der Waals surface area contributed by atoms with Crippen LogP contribution in [0.5, 0.6) is 5.75 Å². The maximum Gasteiger partial charge on any atom is 0.236 e. The zero-order valence-electron chi connectivity index (χ0n) is 17.8. The summed E-state index contributed by atoms with van der Waals surface area (Å²) in [6.07, 6.45) is 8.35. The monoisotopic (exact) mass is 400 g/mol. The molecule has 2 unspecified atom stereocenters. The van der Waals surface area contributed by atoms with Gasteiger partial charge in [-0.2, -0.15) is 0 Å². The van der Waals surface area contributed by atoms with Crippen LogP contribution in [0.15, 0.2) is 24.3 Å². The van der Waals surface area contributed by atoms with E-state index in [1.807, 2.05) is 24.0 Å². The molecule has 2 heterocycles. The highest BCUT2D eigenvalue weighted by Gasteiger charge is 2.50. The topological polar surface area (TPSA) is 53.0 Å². The van der Waals surface area contributed by atoms with Crippen molar-refractivity contribution in [3.05, 3.63) is 29.8 Å². The van der Waals surface area contributed by atoms with Crippen molar-refractivity contribution in [2.45, 2.75) is 69.9 Å². The Morgan fingerprint density at radius 1 is 1.10 bits per heavy atom. The lowest BCUT2D eigenvalue weighted by Crippen LogP contribution is -2.56. The molecule has 160 valence electrons. The van der Waals surface area contributed by atoms with Gasteiger partial charge in [0.1, 0.15) is 5.75 Å². The first-order chi connectivity index (χ1) is 14.1. The number of amides is 1. The minimum absolute atomic E-state index is 0.0329. The SMILES string of the molecule is CCOc1ccccc1[C@H]1C2CCCCC2(O)CCN1CC(=O)N1CCCCC1. The van der Waals surface area contributed by atoms with Gasteiger partial charge in [-0.15, -0.1) is 0 Å². The first-order valence-corrected chi connectivity index (χ1v) is 11.6. The van der Waals surface area contributed by atoms with E-state index in [0.29, 0.717) is 13.2 Å². The molecule has 0 bridgehead atoms. The minimum atomic E-state index is -0.618. The lowest BCUT2D eigenvalue weighted by Gasteiger charge is -2.53. The van der Waals surface area contributed by atoms with Crippen molar-refractivity contribution in [2.75, 3.05) is 32.8 Å². The zero-order valence-corrected chi connectivity index (χ0v) is 17.8. The molecule has 29 heavy (non-hydrogen) atoms. The number of likely N-dealkylation sites (tertiary alicyclic amines) is 2. The van der Waals surface area contributed by atoms with E-state index in [1.54, 1.807) is 0 Å². The molecular weight excluding hydrogens is 364 g/mol. The van der Waals surface area contributed by atoms with E-state index < -0.39 is 5.60 Å². The van der Waals surface area contributed by atoms with E-state index in [0.717, 1.165) is 75.9 Å². The van der Waals surface area contributed by atoms with Crippen LogP contribution in [0, 0.1) is 5.92 Å². The molecule has 3 fully saturated rings. The van der Waals surface area contributed by atoms with Gasteiger partial charge in [-0.05, 0) is 51.5 Å². The minimum Gasteiger partial charge on any atom is -0.494 e. The maximum atomic E-state index is 13.1. The fourth-order valence-corrected chi connectivity index (χ4v) is 5.76. The second-order valence-electron chi connectivity index (χ2n) is 9.03. The van der Waals surface area contributed by atoms with Crippen molar-refractivity contribution < 1.29 is 14.6 Å². The molecule has 3 atom stereocenters. The average Bonchev–Trinajstić information content (AvgIpc) is 2.75. The van der Waals surface area contributed by atoms with Gasteiger partial charge in [-0.1, -0.05) is 31.0 Å². The fraction of sp³-hybridized carbons (Fsp3) is 0.708. The van der Waals surface area contributed by atoms with Gasteiger partial charge < -0.3 is 14.7 Å². The molecule has 4 rings (SSSR count). The highest BCUT2D eigenvalue weighted by atomic mass is 16.5. The quantitative estimate of drug-likeness (QED) is 0.818. The molecule has 2 saturated heterocycles. The number of rotatable bonds is 5. The number of para-hydroxylation sites is 1. The van der Waals surface area contributed by atoms with Crippen LogP contribution in [-0.4, -0.2) is 59.2 Å². The normalized spacial score (nSPS) is 30.6. The molecular formula is C24H36N2O3. The number of carbonyl (C=O) groups is 1. The van der Waals surface area contributed by atoms with E-state index in [2.05, 4.69) is 17.0 Å². The van der Waals surface area contributed by atoms with E-state index in [1.165, 1.54) is 6.42 Å². The number of hydrogen-bond donors (Lipinski definition) is 1. The van der Waals surface area contributed by atoms with E-state index in [4.69, 9.17) is 4.74 Å². The van der Waals surface area contributed by atoms with Gasteiger partial charge in [0.25, 0.3) is 0 Å². The Hall–Kier alpha value is -1.59. The molecule has 1 N–H and O–H groups in total. The molecule has 0 aromatic heterocycles. The Morgan fingerprint density at radius 3 is 2.69 bits per heavy atom. The Bertz CT molecular complexity index is 703. The number of benzene rings is 1. The standard InChI is InChI=1S/C24H36N2O3/c1-2-29-21-12-5-4-10-19(21)23-20-11-6-7-13-24(20,28)14-17-26(23)18-22(27)25-15-8-3-9-16-25/h4-5,10,12,20,23,28H,2-3,6-9,11,13-18H2,1H3/t20?,23-,24?/m0/s1. The van der Waals surface area contributed by atoms with Gasteiger partial charge in [0.2, 0.25) is 5.91 Å². The van der Waals surface area contributed by atoms with Crippen LogP contribution in [0.3, 0.4) is 0 Å². The molecule has 2 aliphatic heterocycles. The summed E-state index contributed by atoms with van der Waals surface area (Å²) in [6.45, 7) is 5.60. The summed E-state index contributed by atoms with van der Waals surface area (Å²) < 4.78 is 5.97. The van der Waals surface area contributed by atoms with Crippen LogP contribution in [0.1, 0.15) is 69.9 Å². The van der Waals surface area contributed by atoms with Crippen molar-refractivity contribution in [1.82, 2.24) is 9.80 Å². The van der Waals surface area contributed by atoms with E-state index in [-0.39, 0.29) is 17.9 Å². The molecule has 0 spiro atoms. The Morgan fingerprint density at radius 2 is 1.90 bits per heavy atom. The molecule has 5 nitrogen and oxygen atoms in total. The number of ether oxygens (including phenoxy) is 1. The van der Waals surface area contributed by atoms with Crippen LogP contribution in [-0.2, 0) is 4.79 Å². The molecule has 1 aliphatic carbocycles. The molecule has 5 heteroatoms. The molecule has 1 saturated carbocycles. The van der Waals surface area contributed by atoms with Crippen molar-refractivity contribution in [3.8, 4) is 5.75 Å². The molecule has 1 amide bonds. The van der Waals surface area contributed by atoms with Crippen LogP contribution < -0.4 is 4.74 Å². The Labute approximate surface area is 175 Å². The predicted molar refractivity (Wildman–Crippen MR) is 114 cm³/mol. The summed E-state index contributed by atoms with van der Waals surface area (Å²) in [6, 6.07) is 8.26. The van der Waals surface area contributed by atoms with Crippen molar-refractivity contribution in [2.24, 2.45) is 5.92 Å². The number of piperidine rings is 2. The first-order valence-electron chi connectivity index (χ1n) is 11.6. The van der Waals surface area contributed by atoms with Crippen LogP contribution in [0.2, 0.25) is 0 Å². The van der Waals surface area contributed by atoms with Crippen LogP contribution >= 0.6 is 0 Å². The third kappa shape index (κ3) is 4.31. The van der Waals surface area contributed by atoms with Crippen LogP contribution in [0.25, 0.3) is 0 Å². The second-order valence-corrected chi connectivity index (χ2v) is 9.03. The van der Waals surface area contributed by atoms with Gasteiger partial charge in [0.05, 0.1) is 18.8 Å². The Balaban J connectivity index is 1.63. The highest BCUT2D eigenvalue weighted by molar-refractivity contribution is 5.78. The number of hydrogen-bond acceptors (Lipinski definition) is 4. The molecule has 0 radical (unpaired) electrons. The number of aliphatic hydroxyl groups is 1. The van der Waals surface area contributed by atoms with Crippen LogP contribution in [0.4, 0.5) is 0 Å². The summed E-state index contributed by atoms with van der Waals surface area (Å²) in [5, 5.41) is 11.5. The fourth-order valence-electron chi connectivity index (χ4n) is 5.76. The molecule has 1 aromatic rings. The maximum absolute atomic E-state index is 13.1. The third-order valence-corrected chi connectivity index (χ3v) is 7.26. The van der Waals surface area contributed by atoms with E-state index >= 15 is 0 Å². The summed E-state index contributed by atoms with van der Waals surface area (Å²) in [5.74, 6) is 1.29. The lowest BCUT2D eigenvalue weighted by atomic mass is 9.66. The predicted octanol–water partition coefficient (Wildman–Crippen LogP) is 3.77. The average molecular weight is 401 g/mol. The summed E-state index contributed by atoms with van der Waals surface area (Å²) in [7, 11) is 0. The third-order valence-electron chi connectivity index (χ3n) is 7.26. The molecule has 1 aromatic carbocycles. The Kier molecular flexibility index (Phi) is 6.45. The summed E-state index contributed by atoms with van der Waals surface area (Å²) in [4.78, 5) is 17.5. The number of nitrogens with zero attached hydrogens (tertiary/aromatic N) is 2. The van der Waals surface area contributed by atoms with Gasteiger partial charge in [0, 0.05) is 37.2 Å². The largest absolute Gasteiger partial charge is 0.494 e. The van der Waals surface area contributed by atoms with E-state index in [9.17, 15) is 9.90 Å². The van der Waals surface area contributed by atoms with Crippen molar-refractivity contribution in [3.63, 3.8) is 0 Å².